The van der Waals surface area contributed by atoms with Crippen molar-refractivity contribution in [1.29, 1.82) is 0 Å². The van der Waals surface area contributed by atoms with Gasteiger partial charge in [-0.2, -0.15) is 0 Å². The van der Waals surface area contributed by atoms with E-state index in [4.69, 9.17) is 62.8 Å². The Bertz CT molecular complexity index is 2930. The van der Waals surface area contributed by atoms with E-state index in [0.29, 0.717) is 32.7 Å². The van der Waals surface area contributed by atoms with Crippen molar-refractivity contribution in [3.63, 3.8) is 0 Å². The van der Waals surface area contributed by atoms with Gasteiger partial charge in [0.2, 0.25) is 0 Å². The fourth-order valence-electron chi connectivity index (χ4n) is 8.09. The number of hydrogen-bond donors (Lipinski definition) is 0. The predicted octanol–water partition coefficient (Wildman–Crippen LogP) is 3.32. The zero-order valence-corrected chi connectivity index (χ0v) is 29.3. The number of rotatable bonds is 4. The van der Waals surface area contributed by atoms with E-state index in [0.717, 1.165) is 49.5 Å². The van der Waals surface area contributed by atoms with E-state index < -0.39 is 0 Å². The lowest BCUT2D eigenvalue weighted by molar-refractivity contribution is 1.63. The Morgan fingerprint density at radius 1 is 0.259 bits per heavy atom. The van der Waals surface area contributed by atoms with Crippen molar-refractivity contribution >= 4 is 150 Å². The van der Waals surface area contributed by atoms with E-state index in [1.54, 1.807) is 0 Å². The molecular formula is C46H22B8. The molecule has 0 fully saturated rings. The molecule has 0 aliphatic carbocycles. The summed E-state index contributed by atoms with van der Waals surface area (Å²) in [4.78, 5) is 0. The van der Waals surface area contributed by atoms with Gasteiger partial charge in [0, 0.05) is 0 Å². The minimum Gasteiger partial charge on any atom is -0.110 e. The van der Waals surface area contributed by atoms with Crippen LogP contribution in [0.15, 0.2) is 133 Å². The third-order valence-electron chi connectivity index (χ3n) is 10.9. The summed E-state index contributed by atoms with van der Waals surface area (Å²) in [6, 6.07) is 45.6. The molecule has 0 saturated carbocycles. The number of hydrogen-bond acceptors (Lipinski definition) is 0. The molecule has 0 aliphatic rings. The Kier molecular flexibility index (Phi) is 8.35. The van der Waals surface area contributed by atoms with Gasteiger partial charge in [0.1, 0.15) is 62.8 Å². The van der Waals surface area contributed by atoms with Crippen molar-refractivity contribution in [3.05, 3.63) is 133 Å². The largest absolute Gasteiger partial charge is 0.113 e. The van der Waals surface area contributed by atoms with Gasteiger partial charge in [-0.05, 0) is 93.7 Å². The minimum absolute atomic E-state index is 0.179. The first-order valence-electron chi connectivity index (χ1n) is 17.6. The quantitative estimate of drug-likeness (QED) is 0.201. The zero-order valence-electron chi connectivity index (χ0n) is 29.3. The lowest BCUT2D eigenvalue weighted by Crippen LogP contribution is -2.50. The Morgan fingerprint density at radius 3 is 1.26 bits per heavy atom. The molecule has 0 N–H and O–H groups in total. The van der Waals surface area contributed by atoms with Crippen LogP contribution in [-0.4, -0.2) is 62.8 Å². The molecule has 0 unspecified atom stereocenters. The summed E-state index contributed by atoms with van der Waals surface area (Å²) in [6.45, 7) is 0. The fraction of sp³-hybridized carbons (Fsp3) is 0. The molecule has 0 bridgehead atoms. The standard InChI is InChI=1S/C46H22B8/c47-39-35-33(26-17-14-24(15-18-26)28-19-16-23-8-4-5-11-27(23)22-28)36-38(42(50)46(54)44(52)40(36)48)34(37(35)41(49)45(53)43(39)51)32-21-20-29(25-9-2-1-3-10-25)30-12-6-7-13-31(30)32/h1-22H. The fourth-order valence-corrected chi connectivity index (χ4v) is 8.09. The first kappa shape index (κ1) is 34.3. The monoisotopic (exact) mass is 662 g/mol. The highest BCUT2D eigenvalue weighted by Crippen LogP contribution is 2.44. The molecule has 0 aliphatic heterocycles. The summed E-state index contributed by atoms with van der Waals surface area (Å²) in [5.41, 5.74) is 9.06. The average Bonchev–Trinajstić information content (AvgIpc) is 3.22. The summed E-state index contributed by atoms with van der Waals surface area (Å²) in [5, 5.41) is 6.67. The van der Waals surface area contributed by atoms with Crippen molar-refractivity contribution in [2.75, 3.05) is 0 Å². The highest BCUT2D eigenvalue weighted by molar-refractivity contribution is 6.71. The lowest BCUT2D eigenvalue weighted by atomic mass is 9.59. The Hall–Kier alpha value is -5.46. The molecule has 0 saturated heterocycles. The van der Waals surface area contributed by atoms with Gasteiger partial charge >= 0.3 is 0 Å². The van der Waals surface area contributed by atoms with Gasteiger partial charge in [-0.3, -0.25) is 0 Å². The first-order valence-corrected chi connectivity index (χ1v) is 17.6. The Morgan fingerprint density at radius 2 is 0.685 bits per heavy atom. The molecule has 230 valence electrons. The van der Waals surface area contributed by atoms with Gasteiger partial charge in [0.05, 0.1) is 0 Å². The van der Waals surface area contributed by atoms with E-state index in [2.05, 4.69) is 78.9 Å². The van der Waals surface area contributed by atoms with Gasteiger partial charge in [-0.15, -0.1) is 21.9 Å². The molecule has 0 spiro atoms. The molecule has 8 heteroatoms. The molecule has 0 aromatic heterocycles. The maximum Gasteiger partial charge on any atom is 0.113 e. The van der Waals surface area contributed by atoms with Gasteiger partial charge in [-0.1, -0.05) is 149 Å². The van der Waals surface area contributed by atoms with Crippen molar-refractivity contribution < 1.29 is 0 Å². The number of benzene rings is 9. The Labute approximate surface area is 326 Å². The van der Waals surface area contributed by atoms with Gasteiger partial charge in [0.25, 0.3) is 0 Å². The van der Waals surface area contributed by atoms with Gasteiger partial charge in [-0.25, -0.2) is 0 Å². The third-order valence-corrected chi connectivity index (χ3v) is 10.9. The number of fused-ring (bicyclic) bond motifs is 4. The van der Waals surface area contributed by atoms with Crippen LogP contribution < -0.4 is 43.7 Å². The van der Waals surface area contributed by atoms with Crippen LogP contribution in [0.2, 0.25) is 0 Å². The normalized spacial score (nSPS) is 11.6. The molecule has 0 amide bonds. The highest BCUT2D eigenvalue weighted by Gasteiger charge is 2.25. The smallest absolute Gasteiger partial charge is 0.110 e. The summed E-state index contributed by atoms with van der Waals surface area (Å²) >= 11 is 0. The van der Waals surface area contributed by atoms with Crippen LogP contribution in [0.25, 0.3) is 87.6 Å². The van der Waals surface area contributed by atoms with Crippen LogP contribution in [0.4, 0.5) is 0 Å². The van der Waals surface area contributed by atoms with E-state index >= 15 is 0 Å². The topological polar surface area (TPSA) is 0 Å². The summed E-state index contributed by atoms with van der Waals surface area (Å²) in [6.07, 6.45) is 0. The molecule has 9 aromatic carbocycles. The molecule has 0 heterocycles. The van der Waals surface area contributed by atoms with Crippen LogP contribution in [0.3, 0.4) is 0 Å². The van der Waals surface area contributed by atoms with E-state index in [-0.39, 0.29) is 43.7 Å². The van der Waals surface area contributed by atoms with E-state index in [9.17, 15) is 0 Å². The van der Waals surface area contributed by atoms with Gasteiger partial charge in [0.15, 0.2) is 0 Å². The molecule has 0 nitrogen and oxygen atoms in total. The van der Waals surface area contributed by atoms with Crippen molar-refractivity contribution in [2.45, 2.75) is 0 Å². The summed E-state index contributed by atoms with van der Waals surface area (Å²) in [5.74, 6) is 0. The van der Waals surface area contributed by atoms with Crippen LogP contribution in [0.1, 0.15) is 0 Å². The summed E-state index contributed by atoms with van der Waals surface area (Å²) < 4.78 is 0. The molecule has 54 heavy (non-hydrogen) atoms. The zero-order chi connectivity index (χ0) is 37.4. The highest BCUT2D eigenvalue weighted by atomic mass is 14.3. The third kappa shape index (κ3) is 5.18. The molecular weight excluding hydrogens is 639 g/mol. The predicted molar refractivity (Wildman–Crippen MR) is 241 cm³/mol. The minimum atomic E-state index is 0.179. The Balaban J connectivity index is 1.42. The van der Waals surface area contributed by atoms with Crippen molar-refractivity contribution in [1.82, 2.24) is 0 Å². The van der Waals surface area contributed by atoms with E-state index in [1.807, 2.05) is 54.6 Å². The average molecular weight is 661 g/mol. The summed E-state index contributed by atoms with van der Waals surface area (Å²) in [7, 11) is 54.7. The maximum atomic E-state index is 7.04. The second-order valence-corrected chi connectivity index (χ2v) is 13.8. The maximum absolute atomic E-state index is 7.04. The van der Waals surface area contributed by atoms with Crippen LogP contribution in [-0.2, 0) is 0 Å². The van der Waals surface area contributed by atoms with Crippen LogP contribution in [0.5, 0.6) is 0 Å². The second-order valence-electron chi connectivity index (χ2n) is 13.8. The molecule has 0 atom stereocenters. The molecule has 9 aromatic rings. The van der Waals surface area contributed by atoms with Crippen molar-refractivity contribution in [3.8, 4) is 44.5 Å². The van der Waals surface area contributed by atoms with E-state index in [1.165, 1.54) is 5.39 Å². The van der Waals surface area contributed by atoms with Gasteiger partial charge < -0.3 is 0 Å². The second kappa shape index (κ2) is 13.1. The molecule has 9 rings (SSSR count). The van der Waals surface area contributed by atoms with Crippen LogP contribution in [0, 0.1) is 0 Å². The SMILES string of the molecule is [B]c1c([B])c([B])c2c(-c3ccc(-c4ccccc4)c4ccccc34)c3c([B])c([B])c([B])c([B])c3c(-c3ccc(-c4ccc5ccccc5c4)cc3)c2c1[B]. The lowest BCUT2D eigenvalue weighted by Gasteiger charge is -2.29. The van der Waals surface area contributed by atoms with Crippen molar-refractivity contribution in [2.24, 2.45) is 0 Å². The first-order chi connectivity index (χ1) is 26.2. The molecule has 16 radical (unpaired) electrons. The van der Waals surface area contributed by atoms with Crippen LogP contribution >= 0.6 is 0 Å².